The fraction of sp³-hybridized carbons (Fsp3) is 0.548. The van der Waals surface area contributed by atoms with E-state index in [-0.39, 0.29) is 30.0 Å². The van der Waals surface area contributed by atoms with E-state index in [1.807, 2.05) is 45.0 Å². The van der Waals surface area contributed by atoms with Crippen LogP contribution in [0.3, 0.4) is 0 Å². The number of anilines is 1. The number of amides is 4. The Morgan fingerprint density at radius 1 is 1.21 bits per heavy atom. The third-order valence-corrected chi connectivity index (χ3v) is 8.39. The topological polar surface area (TPSA) is 157 Å². The van der Waals surface area contributed by atoms with Gasteiger partial charge in [-0.1, -0.05) is 57.0 Å². The molecule has 1 spiro atoms. The van der Waals surface area contributed by atoms with Crippen LogP contribution in [-0.4, -0.2) is 58.4 Å². The maximum atomic E-state index is 14.2. The second kappa shape index (κ2) is 11.2. The van der Waals surface area contributed by atoms with Crippen molar-refractivity contribution in [3.8, 4) is 6.07 Å². The highest BCUT2D eigenvalue weighted by atomic mass is 16.5. The van der Waals surface area contributed by atoms with Crippen LogP contribution < -0.4 is 16.0 Å². The van der Waals surface area contributed by atoms with Gasteiger partial charge >= 0.3 is 0 Å². The SMILES string of the molecule is Cc1cc(C(=O)N[C@@H](CCC2CC2)C(=O)N[C@@H](CC(C)(C)C)C(=O)N2C[C@]3(C[C@H]2C#N)C(=O)Nc2ccccc23)no1. The monoisotopic (exact) mass is 574 g/mol. The number of carbonyl (C=O) groups is 4. The average molecular weight is 575 g/mol. The van der Waals surface area contributed by atoms with Crippen LogP contribution in [0.25, 0.3) is 0 Å². The fourth-order valence-corrected chi connectivity index (χ4v) is 6.05. The summed E-state index contributed by atoms with van der Waals surface area (Å²) < 4.78 is 5.02. The molecule has 11 nitrogen and oxygen atoms in total. The number of aryl methyl sites for hydroxylation is 1. The molecule has 1 aliphatic carbocycles. The van der Waals surface area contributed by atoms with E-state index in [4.69, 9.17) is 4.52 Å². The summed E-state index contributed by atoms with van der Waals surface area (Å²) in [6, 6.07) is 8.37. The molecule has 0 unspecified atom stereocenters. The van der Waals surface area contributed by atoms with Gasteiger partial charge in [-0.05, 0) is 49.1 Å². The van der Waals surface area contributed by atoms with Crippen LogP contribution in [0.2, 0.25) is 0 Å². The summed E-state index contributed by atoms with van der Waals surface area (Å²) in [4.78, 5) is 55.4. The molecule has 5 rings (SSSR count). The third kappa shape index (κ3) is 6.03. The smallest absolute Gasteiger partial charge is 0.274 e. The van der Waals surface area contributed by atoms with Gasteiger partial charge in [-0.25, -0.2) is 0 Å². The number of para-hydroxylation sites is 1. The van der Waals surface area contributed by atoms with Gasteiger partial charge in [0, 0.05) is 24.7 Å². The molecule has 1 saturated carbocycles. The molecule has 11 heteroatoms. The van der Waals surface area contributed by atoms with Crippen molar-refractivity contribution < 1.29 is 23.7 Å². The van der Waals surface area contributed by atoms with E-state index in [1.54, 1.807) is 6.92 Å². The first-order chi connectivity index (χ1) is 19.9. The largest absolute Gasteiger partial charge is 0.361 e. The molecule has 222 valence electrons. The van der Waals surface area contributed by atoms with E-state index in [0.717, 1.165) is 24.8 Å². The minimum absolute atomic E-state index is 0.0385. The van der Waals surface area contributed by atoms with Crippen LogP contribution in [0.1, 0.15) is 81.1 Å². The number of carbonyl (C=O) groups excluding carboxylic acids is 4. The van der Waals surface area contributed by atoms with Crippen molar-refractivity contribution in [1.82, 2.24) is 20.7 Å². The molecule has 2 fully saturated rings. The fourth-order valence-electron chi connectivity index (χ4n) is 6.05. The number of fused-ring (bicyclic) bond motifs is 2. The number of nitrogens with zero attached hydrogens (tertiary/aromatic N) is 3. The van der Waals surface area contributed by atoms with Crippen molar-refractivity contribution in [3.63, 3.8) is 0 Å². The van der Waals surface area contributed by atoms with E-state index in [9.17, 15) is 24.4 Å². The van der Waals surface area contributed by atoms with E-state index in [2.05, 4.69) is 27.2 Å². The normalized spacial score (nSPS) is 22.7. The van der Waals surface area contributed by atoms with Gasteiger partial charge in [-0.3, -0.25) is 19.2 Å². The summed E-state index contributed by atoms with van der Waals surface area (Å²) in [5.41, 5.74) is 0.153. The van der Waals surface area contributed by atoms with E-state index < -0.39 is 41.3 Å². The van der Waals surface area contributed by atoms with Gasteiger partial charge in [-0.2, -0.15) is 5.26 Å². The summed E-state index contributed by atoms with van der Waals surface area (Å²) in [6.45, 7) is 7.61. The summed E-state index contributed by atoms with van der Waals surface area (Å²) in [7, 11) is 0. The number of benzene rings is 1. The molecule has 2 aromatic rings. The van der Waals surface area contributed by atoms with Crippen molar-refractivity contribution in [2.45, 2.75) is 89.8 Å². The summed E-state index contributed by atoms with van der Waals surface area (Å²) in [6.07, 6.45) is 3.85. The minimum atomic E-state index is -1.03. The predicted octanol–water partition coefficient (Wildman–Crippen LogP) is 3.21. The standard InChI is InChI=1S/C31H38N6O5/c1-18-13-24(36-42-18)27(39)33-23(12-11-19-9-10-19)26(38)34-25(15-30(2,3)4)28(40)37-17-31(14-20(37)16-32)21-7-5-6-8-22(21)35-29(31)41/h5-8,13,19-20,23,25H,9-12,14-15,17H2,1-4H3,(H,33,39)(H,34,38)(H,35,41)/t20-,23-,25-,31-/m0/s1. The average Bonchev–Trinajstić information content (AvgIpc) is 3.42. The summed E-state index contributed by atoms with van der Waals surface area (Å²) in [5, 5.41) is 22.4. The predicted molar refractivity (Wildman–Crippen MR) is 153 cm³/mol. The third-order valence-electron chi connectivity index (χ3n) is 8.39. The van der Waals surface area contributed by atoms with Gasteiger partial charge in [0.05, 0.1) is 11.5 Å². The van der Waals surface area contributed by atoms with Crippen LogP contribution in [0.15, 0.2) is 34.9 Å². The van der Waals surface area contributed by atoms with Crippen LogP contribution in [0.5, 0.6) is 0 Å². The van der Waals surface area contributed by atoms with Gasteiger partial charge in [0.15, 0.2) is 5.69 Å². The number of rotatable bonds is 9. The lowest BCUT2D eigenvalue weighted by atomic mass is 9.80. The van der Waals surface area contributed by atoms with Crippen LogP contribution in [0.4, 0.5) is 5.69 Å². The Bertz CT molecular complexity index is 1430. The molecule has 4 atom stereocenters. The molecule has 3 aliphatic rings. The van der Waals surface area contributed by atoms with E-state index in [0.29, 0.717) is 30.2 Å². The highest BCUT2D eigenvalue weighted by Gasteiger charge is 2.56. The Labute approximate surface area is 245 Å². The zero-order chi connectivity index (χ0) is 30.2. The molecule has 3 heterocycles. The highest BCUT2D eigenvalue weighted by molar-refractivity contribution is 6.07. The summed E-state index contributed by atoms with van der Waals surface area (Å²) in [5.74, 6) is -0.656. The van der Waals surface area contributed by atoms with Crippen LogP contribution >= 0.6 is 0 Å². The maximum Gasteiger partial charge on any atom is 0.274 e. The number of hydrogen-bond donors (Lipinski definition) is 3. The molecule has 4 amide bonds. The summed E-state index contributed by atoms with van der Waals surface area (Å²) >= 11 is 0. The van der Waals surface area contributed by atoms with Crippen molar-refractivity contribution >= 4 is 29.3 Å². The van der Waals surface area contributed by atoms with Gasteiger partial charge in [-0.15, -0.1) is 0 Å². The van der Waals surface area contributed by atoms with E-state index in [1.165, 1.54) is 11.0 Å². The Morgan fingerprint density at radius 3 is 2.60 bits per heavy atom. The first-order valence-electron chi connectivity index (χ1n) is 14.6. The number of aromatic nitrogens is 1. The molecular weight excluding hydrogens is 536 g/mol. The van der Waals surface area contributed by atoms with Gasteiger partial charge in [0.2, 0.25) is 17.7 Å². The second-order valence-electron chi connectivity index (χ2n) is 13.1. The molecule has 0 radical (unpaired) electrons. The second-order valence-corrected chi connectivity index (χ2v) is 13.1. The Hall–Kier alpha value is -4.20. The van der Waals surface area contributed by atoms with E-state index >= 15 is 0 Å². The van der Waals surface area contributed by atoms with Crippen molar-refractivity contribution in [1.29, 1.82) is 5.26 Å². The van der Waals surface area contributed by atoms with Gasteiger partial charge in [0.25, 0.3) is 5.91 Å². The lowest BCUT2D eigenvalue weighted by Crippen LogP contribution is -2.56. The van der Waals surface area contributed by atoms with Crippen LogP contribution in [-0.2, 0) is 19.8 Å². The number of likely N-dealkylation sites (tertiary alicyclic amines) is 1. The zero-order valence-electron chi connectivity index (χ0n) is 24.5. The quantitative estimate of drug-likeness (QED) is 0.415. The Morgan fingerprint density at radius 2 is 1.95 bits per heavy atom. The van der Waals surface area contributed by atoms with Crippen molar-refractivity contribution in [2.24, 2.45) is 11.3 Å². The zero-order valence-corrected chi connectivity index (χ0v) is 24.5. The molecule has 42 heavy (non-hydrogen) atoms. The lowest BCUT2D eigenvalue weighted by Gasteiger charge is -2.32. The Balaban J connectivity index is 1.37. The first-order valence-corrected chi connectivity index (χ1v) is 14.6. The number of hydrogen-bond acceptors (Lipinski definition) is 7. The van der Waals surface area contributed by atoms with Gasteiger partial charge < -0.3 is 25.4 Å². The molecule has 2 aliphatic heterocycles. The maximum absolute atomic E-state index is 14.2. The first kappa shape index (κ1) is 29.3. The molecule has 1 aromatic carbocycles. The van der Waals surface area contributed by atoms with Crippen LogP contribution in [0, 0.1) is 29.6 Å². The molecular formula is C31H38N6O5. The minimum Gasteiger partial charge on any atom is -0.361 e. The number of nitriles is 1. The van der Waals surface area contributed by atoms with Crippen molar-refractivity contribution in [2.75, 3.05) is 11.9 Å². The van der Waals surface area contributed by atoms with Gasteiger partial charge in [0.1, 0.15) is 23.9 Å². The molecule has 0 bridgehead atoms. The molecule has 3 N–H and O–H groups in total. The molecule has 1 aromatic heterocycles. The lowest BCUT2D eigenvalue weighted by molar-refractivity contribution is -0.138. The van der Waals surface area contributed by atoms with Crippen molar-refractivity contribution in [3.05, 3.63) is 47.3 Å². The highest BCUT2D eigenvalue weighted by Crippen LogP contribution is 2.46. The Kier molecular flexibility index (Phi) is 7.84. The number of nitrogens with one attached hydrogen (secondary N) is 3. The molecule has 1 saturated heterocycles.